The van der Waals surface area contributed by atoms with Gasteiger partial charge in [-0.05, 0) is 36.6 Å². The summed E-state index contributed by atoms with van der Waals surface area (Å²) in [6, 6.07) is 10.6. The van der Waals surface area contributed by atoms with Crippen molar-refractivity contribution in [3.63, 3.8) is 0 Å². The maximum atomic E-state index is 14.5. The van der Waals surface area contributed by atoms with Crippen molar-refractivity contribution in [1.29, 1.82) is 5.41 Å². The van der Waals surface area contributed by atoms with Gasteiger partial charge in [-0.15, -0.1) is 11.3 Å². The number of nitrogens with one attached hydrogen (secondary N) is 3. The quantitative estimate of drug-likeness (QED) is 0.294. The van der Waals surface area contributed by atoms with Gasteiger partial charge in [-0.2, -0.15) is 5.10 Å². The number of rotatable bonds is 5. The van der Waals surface area contributed by atoms with Crippen LogP contribution in [0.2, 0.25) is 0 Å². The van der Waals surface area contributed by atoms with E-state index in [0.29, 0.717) is 16.7 Å². The van der Waals surface area contributed by atoms with Crippen LogP contribution in [0.15, 0.2) is 46.8 Å². The van der Waals surface area contributed by atoms with Gasteiger partial charge in [-0.3, -0.25) is 10.5 Å². The van der Waals surface area contributed by atoms with E-state index in [1.54, 1.807) is 29.5 Å². The van der Waals surface area contributed by atoms with Crippen LogP contribution in [-0.2, 0) is 0 Å². The molecule has 0 unspecified atom stereocenters. The number of hydrogen-bond donors (Lipinski definition) is 4. The molecule has 7 nitrogen and oxygen atoms in total. The van der Waals surface area contributed by atoms with Crippen molar-refractivity contribution < 1.29 is 9.13 Å². The summed E-state index contributed by atoms with van der Waals surface area (Å²) >= 11 is 1.58. The predicted molar refractivity (Wildman–Crippen MR) is 109 cm³/mol. The highest BCUT2D eigenvalue weighted by Crippen LogP contribution is 2.27. The number of aliphatic imine (C=N–C) groups is 1. The lowest BCUT2D eigenvalue weighted by atomic mass is 10.2. The monoisotopic (exact) mass is 396 g/mol. The molecule has 4 aromatic rings. The van der Waals surface area contributed by atoms with Crippen molar-refractivity contribution in [3.05, 3.63) is 53.3 Å². The number of aromatic amines is 2. The number of H-pyrrole nitrogens is 2. The van der Waals surface area contributed by atoms with E-state index in [4.69, 9.17) is 15.9 Å². The first kappa shape index (κ1) is 17.9. The number of ether oxygens (including phenoxy) is 1. The summed E-state index contributed by atoms with van der Waals surface area (Å²) in [5.41, 5.74) is 8.26. The molecule has 0 saturated heterocycles. The number of benzene rings is 1. The zero-order chi connectivity index (χ0) is 19.7. The maximum absolute atomic E-state index is 14.5. The number of fused-ring (bicyclic) bond motifs is 1. The van der Waals surface area contributed by atoms with Gasteiger partial charge in [0.1, 0.15) is 5.84 Å². The zero-order valence-electron chi connectivity index (χ0n) is 14.9. The van der Waals surface area contributed by atoms with Crippen LogP contribution >= 0.6 is 11.3 Å². The van der Waals surface area contributed by atoms with Crippen molar-refractivity contribution in [2.24, 2.45) is 10.7 Å². The highest BCUT2D eigenvalue weighted by Gasteiger charge is 2.13. The molecule has 0 spiro atoms. The Morgan fingerprint density at radius 1 is 1.36 bits per heavy atom. The summed E-state index contributed by atoms with van der Waals surface area (Å²) in [5.74, 6) is -0.197. The third-order valence-electron chi connectivity index (χ3n) is 4.02. The second-order valence-corrected chi connectivity index (χ2v) is 7.16. The summed E-state index contributed by atoms with van der Waals surface area (Å²) in [6.07, 6.45) is -0.0646. The first-order valence-corrected chi connectivity index (χ1v) is 9.33. The Balaban J connectivity index is 1.45. The molecule has 0 fully saturated rings. The molecule has 142 valence electrons. The number of nitrogens with zero attached hydrogens (tertiary/aromatic N) is 2. The van der Waals surface area contributed by atoms with Crippen LogP contribution in [0.1, 0.15) is 12.1 Å². The van der Waals surface area contributed by atoms with E-state index in [1.807, 2.05) is 24.4 Å². The average molecular weight is 396 g/mol. The summed E-state index contributed by atoms with van der Waals surface area (Å²) in [4.78, 5) is 8.27. The smallest absolute Gasteiger partial charge is 0.195 e. The molecule has 0 atom stereocenters. The second kappa shape index (κ2) is 7.28. The summed E-state index contributed by atoms with van der Waals surface area (Å²) in [7, 11) is 0. The third kappa shape index (κ3) is 3.65. The fourth-order valence-electron chi connectivity index (χ4n) is 2.81. The molecular formula is C19H17FN6OS. The standard InChI is InChI=1S/C19H17FN6OS/c1-10-7-11-12(23-10)4-5-14(19(11)20)27-17(22)9-16(21)24-18-8-13(25-26-18)15-3-2-6-28-15/h2-8,22-23H,9H2,1H3,(H3,21,24,25,26). The Hall–Kier alpha value is -3.46. The SMILES string of the molecule is Cc1cc2c(F)c(OC(=N)CC(N)=Nc3cc(-c4cccs4)[nH]n3)ccc2[nH]1. The molecule has 5 N–H and O–H groups in total. The summed E-state index contributed by atoms with van der Waals surface area (Å²) in [6.45, 7) is 1.85. The minimum atomic E-state index is -0.519. The molecule has 28 heavy (non-hydrogen) atoms. The van der Waals surface area contributed by atoms with Gasteiger partial charge in [0.2, 0.25) is 0 Å². The topological polar surface area (TPSA) is 116 Å². The Labute approximate surface area is 163 Å². The van der Waals surface area contributed by atoms with Crippen LogP contribution in [0.25, 0.3) is 21.5 Å². The van der Waals surface area contributed by atoms with E-state index in [-0.39, 0.29) is 23.9 Å². The van der Waals surface area contributed by atoms with E-state index < -0.39 is 5.82 Å². The number of halogens is 1. The Bertz CT molecular complexity index is 1170. The lowest BCUT2D eigenvalue weighted by Gasteiger charge is -2.08. The van der Waals surface area contributed by atoms with Crippen LogP contribution in [0.4, 0.5) is 10.2 Å². The second-order valence-electron chi connectivity index (χ2n) is 6.21. The number of amidine groups is 1. The molecule has 0 aliphatic carbocycles. The molecule has 0 aliphatic heterocycles. The molecule has 4 rings (SSSR count). The fraction of sp³-hybridized carbons (Fsp3) is 0.105. The van der Waals surface area contributed by atoms with E-state index in [9.17, 15) is 4.39 Å². The van der Waals surface area contributed by atoms with Gasteiger partial charge < -0.3 is 15.5 Å². The predicted octanol–water partition coefficient (Wildman–Crippen LogP) is 4.50. The molecule has 3 aromatic heterocycles. The van der Waals surface area contributed by atoms with E-state index in [1.165, 1.54) is 6.07 Å². The minimum absolute atomic E-state index is 0.0240. The lowest BCUT2D eigenvalue weighted by Crippen LogP contribution is -2.20. The fourth-order valence-corrected chi connectivity index (χ4v) is 3.51. The zero-order valence-corrected chi connectivity index (χ0v) is 15.7. The maximum Gasteiger partial charge on any atom is 0.195 e. The largest absolute Gasteiger partial charge is 0.440 e. The van der Waals surface area contributed by atoms with Crippen LogP contribution in [0, 0.1) is 18.2 Å². The van der Waals surface area contributed by atoms with Gasteiger partial charge in [0.15, 0.2) is 23.3 Å². The van der Waals surface area contributed by atoms with Gasteiger partial charge in [-0.1, -0.05) is 6.07 Å². The van der Waals surface area contributed by atoms with Gasteiger partial charge in [0.05, 0.1) is 17.0 Å². The number of aryl methyl sites for hydroxylation is 1. The molecule has 9 heteroatoms. The van der Waals surface area contributed by atoms with Crippen molar-refractivity contribution in [2.45, 2.75) is 13.3 Å². The highest BCUT2D eigenvalue weighted by molar-refractivity contribution is 7.13. The van der Waals surface area contributed by atoms with Gasteiger partial charge in [-0.25, -0.2) is 9.38 Å². The number of hydrogen-bond acceptors (Lipinski definition) is 5. The Morgan fingerprint density at radius 3 is 3.00 bits per heavy atom. The van der Waals surface area contributed by atoms with Gasteiger partial charge in [0, 0.05) is 22.7 Å². The Morgan fingerprint density at radius 2 is 2.21 bits per heavy atom. The summed E-state index contributed by atoms with van der Waals surface area (Å²) < 4.78 is 19.9. The van der Waals surface area contributed by atoms with Crippen molar-refractivity contribution in [3.8, 4) is 16.3 Å². The molecule has 0 aliphatic rings. The average Bonchev–Trinajstić information content (AvgIpc) is 3.37. The first-order valence-electron chi connectivity index (χ1n) is 8.45. The van der Waals surface area contributed by atoms with Crippen molar-refractivity contribution in [2.75, 3.05) is 0 Å². The number of aromatic nitrogens is 3. The molecule has 0 amide bonds. The third-order valence-corrected chi connectivity index (χ3v) is 4.92. The van der Waals surface area contributed by atoms with E-state index in [0.717, 1.165) is 16.3 Å². The molecular weight excluding hydrogens is 379 g/mol. The normalized spacial score (nSPS) is 11.9. The Kier molecular flexibility index (Phi) is 4.66. The molecule has 3 heterocycles. The molecule has 0 bridgehead atoms. The summed E-state index contributed by atoms with van der Waals surface area (Å²) in [5, 5.41) is 17.3. The van der Waals surface area contributed by atoms with E-state index in [2.05, 4.69) is 20.2 Å². The van der Waals surface area contributed by atoms with Gasteiger partial charge >= 0.3 is 0 Å². The van der Waals surface area contributed by atoms with Crippen molar-refractivity contribution in [1.82, 2.24) is 15.2 Å². The molecule has 1 aromatic carbocycles. The number of nitrogens with two attached hydrogens (primary N) is 1. The van der Waals surface area contributed by atoms with Crippen LogP contribution in [-0.4, -0.2) is 26.9 Å². The molecule has 0 radical (unpaired) electrons. The van der Waals surface area contributed by atoms with Crippen molar-refractivity contribution >= 4 is 39.8 Å². The van der Waals surface area contributed by atoms with Crippen LogP contribution in [0.3, 0.4) is 0 Å². The van der Waals surface area contributed by atoms with Crippen LogP contribution in [0.5, 0.6) is 5.75 Å². The minimum Gasteiger partial charge on any atom is -0.440 e. The highest BCUT2D eigenvalue weighted by atomic mass is 32.1. The first-order chi connectivity index (χ1) is 13.5. The lowest BCUT2D eigenvalue weighted by molar-refractivity contribution is 0.487. The van der Waals surface area contributed by atoms with Crippen LogP contribution < -0.4 is 10.5 Å². The van der Waals surface area contributed by atoms with E-state index >= 15 is 0 Å². The molecule has 0 saturated carbocycles. The van der Waals surface area contributed by atoms with Gasteiger partial charge in [0.25, 0.3) is 0 Å². The number of thiophene rings is 1.